The van der Waals surface area contributed by atoms with Crippen LogP contribution < -0.4 is 10.1 Å². The van der Waals surface area contributed by atoms with Crippen molar-refractivity contribution in [3.8, 4) is 5.75 Å². The minimum Gasteiger partial charge on any atom is -0.481 e. The highest BCUT2D eigenvalue weighted by molar-refractivity contribution is 7.99. The number of amides is 1. The summed E-state index contributed by atoms with van der Waals surface area (Å²) in [5.41, 5.74) is 1.74. The molecule has 0 fully saturated rings. The number of ether oxygens (including phenoxy) is 1. The predicted molar refractivity (Wildman–Crippen MR) is 96.6 cm³/mol. The average molecular weight is 346 g/mol. The molecule has 1 aromatic heterocycles. The van der Waals surface area contributed by atoms with Crippen molar-refractivity contribution < 1.29 is 14.6 Å². The van der Waals surface area contributed by atoms with Crippen LogP contribution in [-0.4, -0.2) is 34.5 Å². The summed E-state index contributed by atoms with van der Waals surface area (Å²) >= 11 is 1.58. The fourth-order valence-corrected chi connectivity index (χ4v) is 2.94. The van der Waals surface area contributed by atoms with Crippen LogP contribution in [0.15, 0.2) is 47.6 Å². The van der Waals surface area contributed by atoms with Crippen LogP contribution in [-0.2, 0) is 4.79 Å². The van der Waals surface area contributed by atoms with E-state index in [1.54, 1.807) is 31.1 Å². The van der Waals surface area contributed by atoms with Gasteiger partial charge in [0.15, 0.2) is 6.10 Å². The Morgan fingerprint density at radius 1 is 1.42 bits per heavy atom. The van der Waals surface area contributed by atoms with E-state index >= 15 is 0 Å². The predicted octanol–water partition coefficient (Wildman–Crippen LogP) is 3.27. The van der Waals surface area contributed by atoms with Gasteiger partial charge in [-0.15, -0.1) is 11.8 Å². The Labute approximate surface area is 146 Å². The third-order valence-electron chi connectivity index (χ3n) is 3.27. The lowest BCUT2D eigenvalue weighted by atomic mass is 10.2. The van der Waals surface area contributed by atoms with Gasteiger partial charge in [0.25, 0.3) is 5.91 Å². The average Bonchev–Trinajstić information content (AvgIpc) is 2.56. The third-order valence-corrected chi connectivity index (χ3v) is 4.43. The molecular formula is C18H22N2O3S. The molecule has 0 aliphatic rings. The van der Waals surface area contributed by atoms with Gasteiger partial charge >= 0.3 is 0 Å². The van der Waals surface area contributed by atoms with Crippen molar-refractivity contribution >= 4 is 23.4 Å². The molecule has 0 aliphatic heterocycles. The van der Waals surface area contributed by atoms with E-state index in [0.717, 1.165) is 16.2 Å². The molecule has 2 aromatic rings. The second-order valence-corrected chi connectivity index (χ2v) is 6.50. The van der Waals surface area contributed by atoms with Gasteiger partial charge in [-0.3, -0.25) is 9.78 Å². The van der Waals surface area contributed by atoms with E-state index in [0.29, 0.717) is 17.9 Å². The van der Waals surface area contributed by atoms with Gasteiger partial charge in [-0.25, -0.2) is 0 Å². The van der Waals surface area contributed by atoms with E-state index in [-0.39, 0.29) is 12.5 Å². The van der Waals surface area contributed by atoms with E-state index in [4.69, 9.17) is 9.84 Å². The molecule has 5 nitrogen and oxygen atoms in total. The maximum absolute atomic E-state index is 12.4. The van der Waals surface area contributed by atoms with E-state index in [9.17, 15) is 4.79 Å². The molecule has 0 saturated heterocycles. The fourth-order valence-electron chi connectivity index (χ4n) is 2.03. The van der Waals surface area contributed by atoms with Gasteiger partial charge in [0.05, 0.1) is 11.9 Å². The largest absolute Gasteiger partial charge is 0.481 e. The lowest BCUT2D eigenvalue weighted by Crippen LogP contribution is -2.30. The molecule has 128 valence electrons. The minimum absolute atomic E-state index is 0.154. The molecule has 2 N–H and O–H groups in total. The summed E-state index contributed by atoms with van der Waals surface area (Å²) in [7, 11) is 0. The summed E-state index contributed by atoms with van der Waals surface area (Å²) < 4.78 is 5.70. The zero-order chi connectivity index (χ0) is 17.4. The number of benzene rings is 1. The second kappa shape index (κ2) is 9.30. The van der Waals surface area contributed by atoms with Crippen molar-refractivity contribution in [1.29, 1.82) is 0 Å². The number of aryl methyl sites for hydroxylation is 1. The Balaban J connectivity index is 1.98. The standard InChI is InChI=1S/C18H22N2O3S/c1-13-5-3-6-15(11-13)23-14(2)18(22)20-16-12-19-8-7-17(16)24-10-4-9-21/h3,5-8,11-12,14,21H,4,9-10H2,1-2H3,(H,20,22)/t14-/m1/s1. The smallest absolute Gasteiger partial charge is 0.265 e. The first-order valence-electron chi connectivity index (χ1n) is 7.82. The first-order valence-corrected chi connectivity index (χ1v) is 8.80. The summed E-state index contributed by atoms with van der Waals surface area (Å²) in [4.78, 5) is 17.4. The number of aromatic nitrogens is 1. The summed E-state index contributed by atoms with van der Waals surface area (Å²) in [5, 5.41) is 11.7. The molecular weight excluding hydrogens is 324 g/mol. The molecule has 24 heavy (non-hydrogen) atoms. The summed E-state index contributed by atoms with van der Waals surface area (Å²) in [6.45, 7) is 3.84. The van der Waals surface area contributed by atoms with Crippen LogP contribution >= 0.6 is 11.8 Å². The van der Waals surface area contributed by atoms with Gasteiger partial charge in [0.2, 0.25) is 0 Å². The van der Waals surface area contributed by atoms with Crippen molar-refractivity contribution in [2.45, 2.75) is 31.3 Å². The van der Waals surface area contributed by atoms with Gasteiger partial charge in [0, 0.05) is 23.5 Å². The molecule has 0 unspecified atom stereocenters. The number of nitrogens with one attached hydrogen (secondary N) is 1. The first kappa shape index (κ1) is 18.3. The molecule has 1 aromatic carbocycles. The SMILES string of the molecule is Cc1cccc(O[C@H](C)C(=O)Nc2cnccc2SCCCO)c1. The number of pyridine rings is 1. The van der Waals surface area contributed by atoms with Crippen LogP contribution in [0.4, 0.5) is 5.69 Å². The third kappa shape index (κ3) is 5.54. The monoisotopic (exact) mass is 346 g/mol. The van der Waals surface area contributed by atoms with Crippen LogP contribution in [0.2, 0.25) is 0 Å². The van der Waals surface area contributed by atoms with Crippen molar-refractivity contribution in [3.05, 3.63) is 48.3 Å². The Kier molecular flexibility index (Phi) is 7.08. The zero-order valence-electron chi connectivity index (χ0n) is 13.9. The van der Waals surface area contributed by atoms with Crippen molar-refractivity contribution in [2.24, 2.45) is 0 Å². The number of hydrogen-bond acceptors (Lipinski definition) is 5. The number of nitrogens with zero attached hydrogens (tertiary/aromatic N) is 1. The minimum atomic E-state index is -0.623. The number of anilines is 1. The van der Waals surface area contributed by atoms with E-state index in [2.05, 4.69) is 10.3 Å². The number of rotatable bonds is 8. The van der Waals surface area contributed by atoms with Crippen LogP contribution in [0, 0.1) is 6.92 Å². The molecule has 0 spiro atoms. The van der Waals surface area contributed by atoms with Gasteiger partial charge in [-0.1, -0.05) is 12.1 Å². The zero-order valence-corrected chi connectivity index (χ0v) is 14.7. The molecule has 6 heteroatoms. The van der Waals surface area contributed by atoms with E-state index in [1.807, 2.05) is 37.3 Å². The topological polar surface area (TPSA) is 71.5 Å². The summed E-state index contributed by atoms with van der Waals surface area (Å²) in [5.74, 6) is 1.22. The lowest BCUT2D eigenvalue weighted by Gasteiger charge is -2.16. The van der Waals surface area contributed by atoms with Crippen LogP contribution in [0.3, 0.4) is 0 Å². The molecule has 0 aliphatic carbocycles. The molecule has 2 rings (SSSR count). The lowest BCUT2D eigenvalue weighted by molar-refractivity contribution is -0.122. The molecule has 0 radical (unpaired) electrons. The Morgan fingerprint density at radius 2 is 2.25 bits per heavy atom. The highest BCUT2D eigenvalue weighted by atomic mass is 32.2. The maximum Gasteiger partial charge on any atom is 0.265 e. The van der Waals surface area contributed by atoms with Crippen molar-refractivity contribution in [3.63, 3.8) is 0 Å². The van der Waals surface area contributed by atoms with Crippen molar-refractivity contribution in [1.82, 2.24) is 4.98 Å². The van der Waals surface area contributed by atoms with E-state index in [1.165, 1.54) is 0 Å². The molecule has 1 heterocycles. The van der Waals surface area contributed by atoms with Gasteiger partial charge in [-0.05, 0) is 44.0 Å². The second-order valence-electron chi connectivity index (χ2n) is 5.36. The Bertz CT molecular complexity index is 679. The Morgan fingerprint density at radius 3 is 3.00 bits per heavy atom. The van der Waals surface area contributed by atoms with Gasteiger partial charge in [0.1, 0.15) is 5.75 Å². The molecule has 1 atom stereocenters. The number of aliphatic hydroxyl groups is 1. The number of thioether (sulfide) groups is 1. The van der Waals surface area contributed by atoms with Crippen molar-refractivity contribution in [2.75, 3.05) is 17.7 Å². The molecule has 0 saturated carbocycles. The summed E-state index contributed by atoms with van der Waals surface area (Å²) in [6.07, 6.45) is 3.39. The number of carbonyl (C=O) groups excluding carboxylic acids is 1. The quantitative estimate of drug-likeness (QED) is 0.567. The fraction of sp³-hybridized carbons (Fsp3) is 0.333. The van der Waals surface area contributed by atoms with E-state index < -0.39 is 6.10 Å². The first-order chi connectivity index (χ1) is 11.6. The van der Waals surface area contributed by atoms with Gasteiger partial charge < -0.3 is 15.2 Å². The Hall–Kier alpha value is -2.05. The molecule has 0 bridgehead atoms. The van der Waals surface area contributed by atoms with Crippen LogP contribution in [0.5, 0.6) is 5.75 Å². The highest BCUT2D eigenvalue weighted by Crippen LogP contribution is 2.27. The number of hydrogen-bond donors (Lipinski definition) is 2. The molecule has 1 amide bonds. The summed E-state index contributed by atoms with van der Waals surface area (Å²) in [6, 6.07) is 9.44. The van der Waals surface area contributed by atoms with Crippen LogP contribution in [0.1, 0.15) is 18.9 Å². The maximum atomic E-state index is 12.4. The van der Waals surface area contributed by atoms with Gasteiger partial charge in [-0.2, -0.15) is 0 Å². The normalized spacial score (nSPS) is 11.8. The number of aliphatic hydroxyl groups excluding tert-OH is 1. The van der Waals surface area contributed by atoms with Crippen LogP contribution in [0.25, 0.3) is 0 Å². The highest BCUT2D eigenvalue weighted by Gasteiger charge is 2.16. The number of carbonyl (C=O) groups is 1.